The SMILES string of the molecule is Cc1ccccc1-n1c(C)[n+](C)c2cc3c(cc21)oc1oc2cc4occc4cc2c13. The lowest BCUT2D eigenvalue weighted by atomic mass is 10.1. The van der Waals surface area contributed by atoms with Crippen molar-refractivity contribution in [3.05, 3.63) is 72.2 Å². The summed E-state index contributed by atoms with van der Waals surface area (Å²) in [6.45, 7) is 4.29. The van der Waals surface area contributed by atoms with Gasteiger partial charge in [0.15, 0.2) is 11.0 Å². The fourth-order valence-corrected chi connectivity index (χ4v) is 4.86. The summed E-state index contributed by atoms with van der Waals surface area (Å²) in [6.07, 6.45) is 1.70. The Morgan fingerprint density at radius 1 is 0.839 bits per heavy atom. The number of furan rings is 3. The first-order chi connectivity index (χ1) is 15.1. The third kappa shape index (κ3) is 2.07. The highest BCUT2D eigenvalue weighted by Crippen LogP contribution is 2.40. The zero-order valence-corrected chi connectivity index (χ0v) is 17.4. The van der Waals surface area contributed by atoms with Crippen LogP contribution in [-0.2, 0) is 7.05 Å². The monoisotopic (exact) mass is 407 g/mol. The number of aromatic nitrogens is 2. The average Bonchev–Trinajstić information content (AvgIpc) is 3.49. The van der Waals surface area contributed by atoms with E-state index >= 15 is 0 Å². The minimum atomic E-state index is 0.548. The minimum absolute atomic E-state index is 0.548. The van der Waals surface area contributed by atoms with Crippen LogP contribution in [0.1, 0.15) is 11.4 Å². The van der Waals surface area contributed by atoms with Gasteiger partial charge in [0.2, 0.25) is 0 Å². The molecule has 0 atom stereocenters. The third-order valence-electron chi connectivity index (χ3n) is 6.55. The molecule has 4 heterocycles. The van der Waals surface area contributed by atoms with E-state index in [4.69, 9.17) is 13.3 Å². The Kier molecular flexibility index (Phi) is 3.02. The molecule has 0 amide bonds. The van der Waals surface area contributed by atoms with E-state index in [1.165, 1.54) is 11.3 Å². The molecule has 7 aromatic rings. The van der Waals surface area contributed by atoms with Crippen LogP contribution in [0.15, 0.2) is 74.1 Å². The zero-order chi connectivity index (χ0) is 20.9. The fourth-order valence-electron chi connectivity index (χ4n) is 4.86. The lowest BCUT2D eigenvalue weighted by molar-refractivity contribution is -0.652. The topological polar surface area (TPSA) is 48.2 Å². The normalized spacial score (nSPS) is 12.4. The fraction of sp³-hybridized carbons (Fsp3) is 0.115. The molecule has 7 rings (SSSR count). The zero-order valence-electron chi connectivity index (χ0n) is 17.4. The predicted octanol–water partition coefficient (Wildman–Crippen LogP) is 6.46. The molecule has 5 nitrogen and oxygen atoms in total. The van der Waals surface area contributed by atoms with Gasteiger partial charge in [-0.05, 0) is 30.7 Å². The first kappa shape index (κ1) is 16.8. The number of aryl methyl sites for hydroxylation is 2. The van der Waals surface area contributed by atoms with Gasteiger partial charge in [0.1, 0.15) is 22.4 Å². The maximum absolute atomic E-state index is 6.20. The van der Waals surface area contributed by atoms with Crippen molar-refractivity contribution in [2.24, 2.45) is 7.05 Å². The molecule has 0 saturated carbocycles. The van der Waals surface area contributed by atoms with Crippen molar-refractivity contribution in [3.8, 4) is 5.69 Å². The predicted molar refractivity (Wildman–Crippen MR) is 121 cm³/mol. The molecule has 31 heavy (non-hydrogen) atoms. The molecule has 0 bridgehead atoms. The van der Waals surface area contributed by atoms with Crippen molar-refractivity contribution >= 4 is 55.1 Å². The Hall–Kier alpha value is -3.99. The van der Waals surface area contributed by atoms with Crippen LogP contribution in [0.4, 0.5) is 0 Å². The molecule has 0 N–H and O–H groups in total. The quantitative estimate of drug-likeness (QED) is 0.293. The largest absolute Gasteiger partial charge is 0.464 e. The third-order valence-corrected chi connectivity index (χ3v) is 6.55. The molecule has 0 unspecified atom stereocenters. The summed E-state index contributed by atoms with van der Waals surface area (Å²) in [7, 11) is 2.11. The average molecular weight is 407 g/mol. The van der Waals surface area contributed by atoms with E-state index in [0.29, 0.717) is 5.78 Å². The first-order valence-electron chi connectivity index (χ1n) is 10.3. The number of nitrogens with zero attached hydrogens (tertiary/aromatic N) is 2. The number of hydrogen-bond acceptors (Lipinski definition) is 3. The number of rotatable bonds is 1. The van der Waals surface area contributed by atoms with Crippen LogP contribution in [0.3, 0.4) is 0 Å². The molecule has 4 aromatic heterocycles. The molecule has 0 saturated heterocycles. The van der Waals surface area contributed by atoms with Gasteiger partial charge in [-0.3, -0.25) is 0 Å². The Balaban J connectivity index is 1.61. The Labute approximate surface area is 176 Å². The summed E-state index contributed by atoms with van der Waals surface area (Å²) in [5.41, 5.74) is 7.07. The van der Waals surface area contributed by atoms with Gasteiger partial charge in [-0.1, -0.05) is 18.2 Å². The van der Waals surface area contributed by atoms with Crippen molar-refractivity contribution in [1.29, 1.82) is 0 Å². The number of benzene rings is 3. The number of para-hydroxylation sites is 1. The van der Waals surface area contributed by atoms with Crippen molar-refractivity contribution in [3.63, 3.8) is 0 Å². The number of imidazole rings is 1. The molecule has 5 heteroatoms. The molecule has 0 aliphatic rings. The summed E-state index contributed by atoms with van der Waals surface area (Å²) in [5, 5.41) is 4.16. The van der Waals surface area contributed by atoms with Crippen molar-refractivity contribution < 1.29 is 17.8 Å². The molecule has 150 valence electrons. The van der Waals surface area contributed by atoms with Gasteiger partial charge in [0.05, 0.1) is 18.7 Å². The van der Waals surface area contributed by atoms with E-state index in [1.54, 1.807) is 6.26 Å². The van der Waals surface area contributed by atoms with Crippen LogP contribution in [0.25, 0.3) is 60.8 Å². The summed E-state index contributed by atoms with van der Waals surface area (Å²) >= 11 is 0. The molecular weight excluding hydrogens is 388 g/mol. The maximum atomic E-state index is 6.20. The van der Waals surface area contributed by atoms with E-state index in [9.17, 15) is 0 Å². The van der Waals surface area contributed by atoms with Gasteiger partial charge in [-0.2, -0.15) is 4.57 Å². The van der Waals surface area contributed by atoms with Crippen LogP contribution >= 0.6 is 0 Å². The highest BCUT2D eigenvalue weighted by atomic mass is 16.5. The highest BCUT2D eigenvalue weighted by molar-refractivity contribution is 6.20. The molecule has 0 spiro atoms. The van der Waals surface area contributed by atoms with E-state index in [-0.39, 0.29) is 0 Å². The minimum Gasteiger partial charge on any atom is -0.464 e. The van der Waals surface area contributed by atoms with Crippen molar-refractivity contribution in [2.45, 2.75) is 13.8 Å². The van der Waals surface area contributed by atoms with E-state index < -0.39 is 0 Å². The smallest absolute Gasteiger partial charge is 0.299 e. The number of hydrogen-bond donors (Lipinski definition) is 0. The highest BCUT2D eigenvalue weighted by Gasteiger charge is 2.25. The van der Waals surface area contributed by atoms with Crippen LogP contribution in [0.2, 0.25) is 0 Å². The first-order valence-corrected chi connectivity index (χ1v) is 10.3. The standard InChI is InChI=1S/C26H19N2O3/c1-14-6-4-5-7-19(14)28-15(2)27(3)20-11-18-23(12-21(20)28)30-26-25(18)17-10-16-8-9-29-22(16)13-24(17)31-26/h4-13H,1-3H3/q+1. The van der Waals surface area contributed by atoms with E-state index in [1.807, 2.05) is 12.1 Å². The van der Waals surface area contributed by atoms with Gasteiger partial charge in [0, 0.05) is 41.3 Å². The second-order valence-electron chi connectivity index (χ2n) is 8.24. The molecular formula is C26H19N2O3+. The Morgan fingerprint density at radius 3 is 2.45 bits per heavy atom. The van der Waals surface area contributed by atoms with Gasteiger partial charge in [0.25, 0.3) is 11.6 Å². The van der Waals surface area contributed by atoms with Gasteiger partial charge in [-0.15, -0.1) is 0 Å². The maximum Gasteiger partial charge on any atom is 0.299 e. The van der Waals surface area contributed by atoms with Crippen LogP contribution < -0.4 is 4.57 Å². The van der Waals surface area contributed by atoms with E-state index in [0.717, 1.165) is 55.2 Å². The van der Waals surface area contributed by atoms with Crippen LogP contribution in [0.5, 0.6) is 0 Å². The molecule has 3 aromatic carbocycles. The second-order valence-corrected chi connectivity index (χ2v) is 8.24. The van der Waals surface area contributed by atoms with Crippen molar-refractivity contribution in [1.82, 2.24) is 4.57 Å². The Bertz CT molecular complexity index is 1820. The van der Waals surface area contributed by atoms with Gasteiger partial charge < -0.3 is 13.3 Å². The lowest BCUT2D eigenvalue weighted by Crippen LogP contribution is -2.30. The summed E-state index contributed by atoms with van der Waals surface area (Å²) in [4.78, 5) is 0. The van der Waals surface area contributed by atoms with Gasteiger partial charge >= 0.3 is 0 Å². The molecule has 0 aliphatic heterocycles. The molecule has 0 radical (unpaired) electrons. The lowest BCUT2D eigenvalue weighted by Gasteiger charge is -2.03. The summed E-state index contributed by atoms with van der Waals surface area (Å²) < 4.78 is 22.3. The van der Waals surface area contributed by atoms with Crippen LogP contribution in [-0.4, -0.2) is 4.57 Å². The molecule has 0 fully saturated rings. The number of fused-ring (bicyclic) bond motifs is 7. The van der Waals surface area contributed by atoms with Crippen molar-refractivity contribution in [2.75, 3.05) is 0 Å². The molecule has 0 aliphatic carbocycles. The van der Waals surface area contributed by atoms with Gasteiger partial charge in [-0.25, -0.2) is 4.57 Å². The Morgan fingerprint density at radius 2 is 1.61 bits per heavy atom. The van der Waals surface area contributed by atoms with E-state index in [2.05, 4.69) is 72.5 Å². The van der Waals surface area contributed by atoms with Crippen LogP contribution in [0, 0.1) is 13.8 Å². The second kappa shape index (κ2) is 5.58. The summed E-state index contributed by atoms with van der Waals surface area (Å²) in [5.74, 6) is 1.71. The summed E-state index contributed by atoms with van der Waals surface area (Å²) in [6, 6.07) is 18.8.